The molecule has 0 radical (unpaired) electrons. The maximum absolute atomic E-state index is 5.89. The normalized spacial score (nSPS) is 39.9. The van der Waals surface area contributed by atoms with Crippen molar-refractivity contribution in [1.82, 2.24) is 0 Å². The molecule has 3 heteroatoms. The molecule has 2 rings (SSSR count). The molecule has 2 heterocycles. The van der Waals surface area contributed by atoms with E-state index in [9.17, 15) is 0 Å². The third-order valence-electron chi connectivity index (χ3n) is 3.14. The molecule has 3 nitrogen and oxygen atoms in total. The Kier molecular flexibility index (Phi) is 3.12. The van der Waals surface area contributed by atoms with Gasteiger partial charge >= 0.3 is 0 Å². The molecule has 0 amide bonds. The Balaban J connectivity index is 2.02. The maximum atomic E-state index is 5.89. The van der Waals surface area contributed by atoms with E-state index >= 15 is 0 Å². The van der Waals surface area contributed by atoms with Crippen LogP contribution in [0.1, 0.15) is 34.1 Å². The molecule has 0 bridgehead atoms. The van der Waals surface area contributed by atoms with Crippen molar-refractivity contribution >= 4 is 0 Å². The average Bonchev–Trinajstić information content (AvgIpc) is 2.45. The Morgan fingerprint density at radius 1 is 1.38 bits per heavy atom. The highest BCUT2D eigenvalue weighted by Crippen LogP contribution is 2.38. The van der Waals surface area contributed by atoms with Crippen molar-refractivity contribution in [3.63, 3.8) is 0 Å². The first-order chi connectivity index (χ1) is 7.37. The van der Waals surface area contributed by atoms with E-state index in [0.717, 1.165) is 6.42 Å². The first-order valence-electron chi connectivity index (χ1n) is 5.99. The molecule has 2 aliphatic heterocycles. The molecule has 0 unspecified atom stereocenters. The van der Waals surface area contributed by atoms with Crippen molar-refractivity contribution in [3.8, 4) is 0 Å². The fourth-order valence-electron chi connectivity index (χ4n) is 2.47. The van der Waals surface area contributed by atoms with Crippen LogP contribution in [0.3, 0.4) is 0 Å². The average molecular weight is 226 g/mol. The highest BCUT2D eigenvalue weighted by atomic mass is 16.7. The van der Waals surface area contributed by atoms with E-state index in [2.05, 4.69) is 13.5 Å². The zero-order valence-electron chi connectivity index (χ0n) is 10.7. The van der Waals surface area contributed by atoms with Gasteiger partial charge in [-0.05, 0) is 33.3 Å². The van der Waals surface area contributed by atoms with Crippen LogP contribution in [0.5, 0.6) is 0 Å². The standard InChI is InChI=1S/C13H22O3/c1-8-7-14-12-9(2)15-11(6-10(8)12)16-13(3,4)5/h9-12H,1,6-7H2,2-5H3/t9-,10-,11-,12-/m1/s1. The Hall–Kier alpha value is -0.380. The molecular formula is C13H22O3. The summed E-state index contributed by atoms with van der Waals surface area (Å²) in [4.78, 5) is 0. The van der Waals surface area contributed by atoms with Gasteiger partial charge in [0.1, 0.15) is 0 Å². The van der Waals surface area contributed by atoms with E-state index in [0.29, 0.717) is 12.5 Å². The van der Waals surface area contributed by atoms with Crippen LogP contribution in [0.15, 0.2) is 12.2 Å². The fraction of sp³-hybridized carbons (Fsp3) is 0.846. The van der Waals surface area contributed by atoms with E-state index in [1.54, 1.807) is 0 Å². The van der Waals surface area contributed by atoms with Crippen LogP contribution in [0.4, 0.5) is 0 Å². The van der Waals surface area contributed by atoms with E-state index in [-0.39, 0.29) is 24.1 Å². The summed E-state index contributed by atoms with van der Waals surface area (Å²) < 4.78 is 17.4. The topological polar surface area (TPSA) is 27.7 Å². The number of fused-ring (bicyclic) bond motifs is 1. The van der Waals surface area contributed by atoms with Gasteiger partial charge in [0.15, 0.2) is 6.29 Å². The summed E-state index contributed by atoms with van der Waals surface area (Å²) in [5.74, 6) is 0.399. The second-order valence-electron chi connectivity index (χ2n) is 5.78. The second kappa shape index (κ2) is 4.13. The zero-order chi connectivity index (χ0) is 11.9. The zero-order valence-corrected chi connectivity index (χ0v) is 10.7. The largest absolute Gasteiger partial charge is 0.371 e. The van der Waals surface area contributed by atoms with Crippen molar-refractivity contribution in [2.45, 2.75) is 58.2 Å². The molecule has 92 valence electrons. The molecule has 2 fully saturated rings. The van der Waals surface area contributed by atoms with Gasteiger partial charge in [-0.25, -0.2) is 0 Å². The summed E-state index contributed by atoms with van der Waals surface area (Å²) in [5.41, 5.74) is 1.01. The smallest absolute Gasteiger partial charge is 0.159 e. The van der Waals surface area contributed by atoms with E-state index in [1.807, 2.05) is 20.8 Å². The summed E-state index contributed by atoms with van der Waals surface area (Å²) in [7, 11) is 0. The summed E-state index contributed by atoms with van der Waals surface area (Å²) in [6.45, 7) is 12.9. The predicted molar refractivity (Wildman–Crippen MR) is 62.2 cm³/mol. The van der Waals surface area contributed by atoms with Crippen LogP contribution in [0.25, 0.3) is 0 Å². The van der Waals surface area contributed by atoms with Crippen molar-refractivity contribution in [2.75, 3.05) is 6.61 Å². The SMILES string of the molecule is C=C1CO[C@H]2[C@@H]1C[C@@H](OC(C)(C)C)O[C@@H]2C. The molecule has 2 saturated heterocycles. The van der Waals surface area contributed by atoms with Crippen LogP contribution in [0.2, 0.25) is 0 Å². The monoisotopic (exact) mass is 226 g/mol. The molecule has 0 aromatic rings. The third kappa shape index (κ3) is 2.47. The number of ether oxygens (including phenoxy) is 3. The van der Waals surface area contributed by atoms with Gasteiger partial charge in [0.25, 0.3) is 0 Å². The molecule has 0 aliphatic carbocycles. The molecule has 0 saturated carbocycles. The van der Waals surface area contributed by atoms with Gasteiger partial charge in [-0.2, -0.15) is 0 Å². The summed E-state index contributed by atoms with van der Waals surface area (Å²) in [6.07, 6.45) is 0.998. The molecule has 2 aliphatic rings. The van der Waals surface area contributed by atoms with E-state index in [1.165, 1.54) is 5.57 Å². The lowest BCUT2D eigenvalue weighted by atomic mass is 9.88. The Morgan fingerprint density at radius 3 is 2.69 bits per heavy atom. The van der Waals surface area contributed by atoms with Gasteiger partial charge in [0.05, 0.1) is 24.4 Å². The molecule has 0 aromatic heterocycles. The van der Waals surface area contributed by atoms with Crippen molar-refractivity contribution in [3.05, 3.63) is 12.2 Å². The number of hydrogen-bond donors (Lipinski definition) is 0. The van der Waals surface area contributed by atoms with Crippen LogP contribution in [-0.2, 0) is 14.2 Å². The third-order valence-corrected chi connectivity index (χ3v) is 3.14. The molecule has 0 spiro atoms. The van der Waals surface area contributed by atoms with Crippen molar-refractivity contribution in [1.29, 1.82) is 0 Å². The van der Waals surface area contributed by atoms with Gasteiger partial charge < -0.3 is 14.2 Å². The highest BCUT2D eigenvalue weighted by Gasteiger charge is 2.43. The minimum atomic E-state index is -0.169. The molecule has 16 heavy (non-hydrogen) atoms. The Labute approximate surface area is 97.8 Å². The van der Waals surface area contributed by atoms with Gasteiger partial charge in [-0.3, -0.25) is 0 Å². The van der Waals surface area contributed by atoms with Crippen LogP contribution in [-0.4, -0.2) is 30.7 Å². The minimum absolute atomic E-state index is 0.0883. The summed E-state index contributed by atoms with van der Waals surface area (Å²) in [5, 5.41) is 0. The van der Waals surface area contributed by atoms with Crippen molar-refractivity contribution < 1.29 is 14.2 Å². The quantitative estimate of drug-likeness (QED) is 0.643. The summed E-state index contributed by atoms with van der Waals surface area (Å²) >= 11 is 0. The Bertz CT molecular complexity index is 279. The molecule has 0 N–H and O–H groups in total. The lowest BCUT2D eigenvalue weighted by Gasteiger charge is -2.38. The second-order valence-corrected chi connectivity index (χ2v) is 5.78. The highest BCUT2D eigenvalue weighted by molar-refractivity contribution is 5.11. The minimum Gasteiger partial charge on any atom is -0.371 e. The number of rotatable bonds is 1. The van der Waals surface area contributed by atoms with Gasteiger partial charge in [0, 0.05) is 12.3 Å². The van der Waals surface area contributed by atoms with Crippen LogP contribution in [0, 0.1) is 5.92 Å². The van der Waals surface area contributed by atoms with E-state index in [4.69, 9.17) is 14.2 Å². The molecular weight excluding hydrogens is 204 g/mol. The molecule has 4 atom stereocenters. The first-order valence-corrected chi connectivity index (χ1v) is 5.99. The first kappa shape index (κ1) is 12.1. The van der Waals surface area contributed by atoms with Crippen molar-refractivity contribution in [2.24, 2.45) is 5.92 Å². The maximum Gasteiger partial charge on any atom is 0.159 e. The van der Waals surface area contributed by atoms with Gasteiger partial charge in [-0.15, -0.1) is 0 Å². The van der Waals surface area contributed by atoms with E-state index < -0.39 is 0 Å². The molecule has 0 aromatic carbocycles. The summed E-state index contributed by atoms with van der Waals surface area (Å²) in [6, 6.07) is 0. The lowest BCUT2D eigenvalue weighted by molar-refractivity contribution is -0.257. The van der Waals surface area contributed by atoms with Crippen LogP contribution < -0.4 is 0 Å². The van der Waals surface area contributed by atoms with Gasteiger partial charge in [0.2, 0.25) is 0 Å². The lowest BCUT2D eigenvalue weighted by Crippen LogP contribution is -2.45. The van der Waals surface area contributed by atoms with Gasteiger partial charge in [-0.1, -0.05) is 6.58 Å². The van der Waals surface area contributed by atoms with Crippen LogP contribution >= 0.6 is 0 Å². The predicted octanol–water partition coefficient (Wildman–Crippen LogP) is 2.51. The Morgan fingerprint density at radius 2 is 2.06 bits per heavy atom. The number of hydrogen-bond acceptors (Lipinski definition) is 3. The fourth-order valence-corrected chi connectivity index (χ4v) is 2.47.